The van der Waals surface area contributed by atoms with Crippen molar-refractivity contribution in [3.63, 3.8) is 0 Å². The van der Waals surface area contributed by atoms with Gasteiger partial charge in [-0.05, 0) is 167 Å². The van der Waals surface area contributed by atoms with Gasteiger partial charge in [0, 0.05) is 48.8 Å². The van der Waals surface area contributed by atoms with E-state index in [0.717, 1.165) is 73.6 Å². The van der Waals surface area contributed by atoms with Gasteiger partial charge < -0.3 is 9.55 Å². The molecule has 0 spiro atoms. The summed E-state index contributed by atoms with van der Waals surface area (Å²) >= 11 is 15.4. The second kappa shape index (κ2) is 15.8. The van der Waals surface area contributed by atoms with E-state index in [2.05, 4.69) is 207 Å². The molecule has 0 amide bonds. The van der Waals surface area contributed by atoms with E-state index in [4.69, 9.17) is 23.2 Å². The summed E-state index contributed by atoms with van der Waals surface area (Å²) < 4.78 is 2.40. The number of aryl methyl sites for hydroxylation is 4. The van der Waals surface area contributed by atoms with Crippen LogP contribution in [0.4, 0.5) is 0 Å². The number of halogens is 2. The van der Waals surface area contributed by atoms with E-state index >= 15 is 0 Å². The second-order valence-corrected chi connectivity index (χ2v) is 18.9. The molecule has 0 saturated carbocycles. The van der Waals surface area contributed by atoms with Gasteiger partial charge in [-0.15, -0.1) is 0 Å². The van der Waals surface area contributed by atoms with Crippen molar-refractivity contribution in [2.45, 2.75) is 40.5 Å². The van der Waals surface area contributed by atoms with Gasteiger partial charge in [-0.1, -0.05) is 145 Å². The molecule has 4 heteroatoms. The molecule has 66 heavy (non-hydrogen) atoms. The molecule has 1 aliphatic carbocycles. The van der Waals surface area contributed by atoms with Gasteiger partial charge >= 0.3 is 0 Å². The van der Waals surface area contributed by atoms with Crippen molar-refractivity contribution >= 4 is 72.9 Å². The molecule has 9 aromatic carbocycles. The Labute approximate surface area is 395 Å². The molecule has 0 atom stereocenters. The number of allylic oxidation sites excluding steroid dienone is 1. The number of fused-ring (bicyclic) bond motifs is 8. The van der Waals surface area contributed by atoms with E-state index < -0.39 is 0 Å². The Balaban J connectivity index is 1.17. The van der Waals surface area contributed by atoms with Crippen LogP contribution in [0, 0.1) is 27.7 Å². The van der Waals surface area contributed by atoms with E-state index in [1.165, 1.54) is 77.5 Å². The number of benzene rings is 9. The zero-order chi connectivity index (χ0) is 44.8. The van der Waals surface area contributed by atoms with E-state index in [1.54, 1.807) is 0 Å². The highest BCUT2D eigenvalue weighted by Gasteiger charge is 2.26. The summed E-state index contributed by atoms with van der Waals surface area (Å²) in [7, 11) is 0. The zero-order valence-corrected chi connectivity index (χ0v) is 38.9. The Morgan fingerprint density at radius 1 is 0.485 bits per heavy atom. The number of rotatable bonds is 6. The second-order valence-electron chi connectivity index (χ2n) is 18.1. The van der Waals surface area contributed by atoms with Crippen LogP contribution in [-0.4, -0.2) is 9.55 Å². The summed E-state index contributed by atoms with van der Waals surface area (Å²) in [6.07, 6.45) is 6.61. The zero-order valence-electron chi connectivity index (χ0n) is 37.4. The molecule has 318 valence electrons. The van der Waals surface area contributed by atoms with E-state index in [-0.39, 0.29) is 0 Å². The third-order valence-electron chi connectivity index (χ3n) is 14.0. The smallest absolute Gasteiger partial charge is 0.0726 e. The predicted octanol–water partition coefficient (Wildman–Crippen LogP) is 18.3. The molecular weight excluding hydrogens is 844 g/mol. The van der Waals surface area contributed by atoms with Crippen LogP contribution in [0.1, 0.15) is 39.8 Å². The number of hydrogen-bond donors (Lipinski definition) is 1. The first-order valence-corrected chi connectivity index (χ1v) is 23.6. The van der Waals surface area contributed by atoms with Crippen LogP contribution in [0.25, 0.3) is 111 Å². The van der Waals surface area contributed by atoms with Crippen LogP contribution in [0.5, 0.6) is 0 Å². The summed E-state index contributed by atoms with van der Waals surface area (Å²) in [6, 6.07) is 59.2. The van der Waals surface area contributed by atoms with Gasteiger partial charge in [-0.25, -0.2) is 0 Å². The van der Waals surface area contributed by atoms with Crippen LogP contribution < -0.4 is 0 Å². The molecule has 0 bridgehead atoms. The summed E-state index contributed by atoms with van der Waals surface area (Å²) in [4.78, 5) is 3.85. The number of nitrogens with one attached hydrogen (secondary N) is 1. The molecule has 0 radical (unpaired) electrons. The normalized spacial score (nSPS) is 12.5. The quantitative estimate of drug-likeness (QED) is 0.172. The van der Waals surface area contributed by atoms with Crippen molar-refractivity contribution in [2.75, 3.05) is 0 Å². The lowest BCUT2D eigenvalue weighted by Crippen LogP contribution is -2.04. The number of H-pyrrole nitrogens is 1. The molecule has 2 aromatic heterocycles. The van der Waals surface area contributed by atoms with Crippen LogP contribution in [0.2, 0.25) is 10.0 Å². The highest BCUT2D eigenvalue weighted by molar-refractivity contribution is 6.38. The molecule has 12 rings (SSSR count). The van der Waals surface area contributed by atoms with Crippen LogP contribution in [0.15, 0.2) is 170 Å². The summed E-state index contributed by atoms with van der Waals surface area (Å²) in [5.41, 5.74) is 24.4. The molecule has 0 saturated heterocycles. The number of aromatic amines is 1. The Kier molecular flexibility index (Phi) is 9.68. The van der Waals surface area contributed by atoms with Gasteiger partial charge in [-0.2, -0.15) is 0 Å². The minimum Gasteiger partial charge on any atom is -0.354 e. The highest BCUT2D eigenvalue weighted by Crippen LogP contribution is 2.49. The van der Waals surface area contributed by atoms with Gasteiger partial charge in [0.05, 0.1) is 27.3 Å². The predicted molar refractivity (Wildman–Crippen MR) is 284 cm³/mol. The lowest BCUT2D eigenvalue weighted by Gasteiger charge is -2.22. The van der Waals surface area contributed by atoms with Crippen molar-refractivity contribution < 1.29 is 0 Å². The lowest BCUT2D eigenvalue weighted by molar-refractivity contribution is 0.987. The van der Waals surface area contributed by atoms with Crippen LogP contribution >= 0.6 is 23.2 Å². The first-order valence-electron chi connectivity index (χ1n) is 22.9. The number of hydrogen-bond acceptors (Lipinski definition) is 0. The van der Waals surface area contributed by atoms with Gasteiger partial charge in [0.1, 0.15) is 0 Å². The van der Waals surface area contributed by atoms with E-state index in [1.807, 2.05) is 6.07 Å². The van der Waals surface area contributed by atoms with Crippen LogP contribution in [-0.2, 0) is 6.42 Å². The number of aromatic nitrogens is 2. The summed E-state index contributed by atoms with van der Waals surface area (Å²) in [5, 5.41) is 5.91. The largest absolute Gasteiger partial charge is 0.354 e. The number of nitrogens with zero attached hydrogens (tertiary/aromatic N) is 1. The van der Waals surface area contributed by atoms with Crippen molar-refractivity contribution in [1.29, 1.82) is 0 Å². The molecule has 0 unspecified atom stereocenters. The first-order chi connectivity index (χ1) is 32.2. The van der Waals surface area contributed by atoms with Gasteiger partial charge in [-0.3, -0.25) is 0 Å². The topological polar surface area (TPSA) is 20.7 Å². The molecular formula is C62H46Cl2N2. The Hall–Kier alpha value is -7.10. The minimum absolute atomic E-state index is 0.615. The molecule has 0 fully saturated rings. The van der Waals surface area contributed by atoms with Crippen molar-refractivity contribution in [2.24, 2.45) is 0 Å². The molecule has 2 nitrogen and oxygen atoms in total. The van der Waals surface area contributed by atoms with Gasteiger partial charge in [0.15, 0.2) is 0 Å². The first kappa shape index (κ1) is 40.4. The minimum atomic E-state index is 0.615. The van der Waals surface area contributed by atoms with E-state index in [9.17, 15) is 0 Å². The fourth-order valence-corrected chi connectivity index (χ4v) is 11.5. The fraction of sp³-hybridized carbons (Fsp3) is 0.0968. The maximum Gasteiger partial charge on any atom is 0.0726 e. The Morgan fingerprint density at radius 3 is 1.83 bits per heavy atom. The highest BCUT2D eigenvalue weighted by atomic mass is 35.5. The van der Waals surface area contributed by atoms with Gasteiger partial charge in [0.25, 0.3) is 0 Å². The van der Waals surface area contributed by atoms with Gasteiger partial charge in [0.2, 0.25) is 0 Å². The Bertz CT molecular complexity index is 3770. The fourth-order valence-electron chi connectivity index (χ4n) is 11.0. The standard InChI is InChI=1S/C62H46Cl2N2/c1-36-15-13-16-37(2)58(36)43-26-28-56-49(30-43)54-35-50(59-38(3)17-14-18-39(59)4)46-23-11-12-24-47(46)62(54)66(56)57-34-45(63)33-51(60(57)64)53-32-44(41-21-9-6-10-22-41)31-52-48-29-42(40-19-7-5-8-20-40)25-27-55(48)65-61(52)53/h5-10,12-22,24-35,65H,11,23H2,1-4H3. The molecule has 11 aromatic rings. The van der Waals surface area contributed by atoms with E-state index in [0.29, 0.717) is 10.0 Å². The van der Waals surface area contributed by atoms with Crippen molar-refractivity contribution in [1.82, 2.24) is 9.55 Å². The molecule has 1 N–H and O–H groups in total. The monoisotopic (exact) mass is 888 g/mol. The average molecular weight is 890 g/mol. The molecule has 1 aliphatic rings. The molecule has 2 heterocycles. The maximum absolute atomic E-state index is 8.02. The third-order valence-corrected chi connectivity index (χ3v) is 14.7. The third kappa shape index (κ3) is 6.46. The maximum atomic E-state index is 8.02. The summed E-state index contributed by atoms with van der Waals surface area (Å²) in [6.45, 7) is 8.91. The van der Waals surface area contributed by atoms with Crippen molar-refractivity contribution in [3.8, 4) is 61.3 Å². The average Bonchev–Trinajstić information content (AvgIpc) is 3.87. The Morgan fingerprint density at radius 2 is 1.12 bits per heavy atom. The SMILES string of the molecule is Cc1cccc(C)c1-c1ccc2c(c1)c1cc(-c3c(C)cccc3C)c3c(c1n2-c1cc(Cl)cc(-c2cc(-c4ccccc4)cc4c2[nH]c2ccc(-c5ccccc5)cc24)c1Cl)C=CCC3. The summed E-state index contributed by atoms with van der Waals surface area (Å²) in [5.74, 6) is 0. The van der Waals surface area contributed by atoms with Crippen molar-refractivity contribution in [3.05, 3.63) is 213 Å². The molecule has 0 aliphatic heterocycles. The lowest BCUT2D eigenvalue weighted by atomic mass is 9.84. The van der Waals surface area contributed by atoms with Crippen LogP contribution in [0.3, 0.4) is 0 Å².